The highest BCUT2D eigenvalue weighted by Crippen LogP contribution is 2.35. The number of carboxylic acids is 1. The first-order valence-corrected chi connectivity index (χ1v) is 6.57. The quantitative estimate of drug-likeness (QED) is 0.929. The molecule has 0 saturated carbocycles. The van der Waals surface area contributed by atoms with Crippen LogP contribution in [0.5, 0.6) is 0 Å². The highest BCUT2D eigenvalue weighted by molar-refractivity contribution is 5.78. The van der Waals surface area contributed by atoms with E-state index in [1.54, 1.807) is 6.92 Å². The summed E-state index contributed by atoms with van der Waals surface area (Å²) in [5.74, 6) is -0.288. The van der Waals surface area contributed by atoms with Gasteiger partial charge in [-0.3, -0.25) is 4.79 Å². The molecule has 20 heavy (non-hydrogen) atoms. The second-order valence-electron chi connectivity index (χ2n) is 5.28. The first-order valence-electron chi connectivity index (χ1n) is 6.57. The van der Waals surface area contributed by atoms with Crippen LogP contribution in [-0.4, -0.2) is 16.2 Å². The molecular weight excluding hydrogens is 254 g/mol. The molecule has 0 saturated heterocycles. The van der Waals surface area contributed by atoms with Crippen molar-refractivity contribution < 1.29 is 14.4 Å². The smallest absolute Gasteiger partial charge is 0.308 e. The van der Waals surface area contributed by atoms with Crippen LogP contribution in [0.1, 0.15) is 33.5 Å². The van der Waals surface area contributed by atoms with Crippen LogP contribution in [0.2, 0.25) is 0 Å². The van der Waals surface area contributed by atoms with Crippen molar-refractivity contribution in [2.45, 2.75) is 41.0 Å². The zero-order valence-corrected chi connectivity index (χ0v) is 12.5. The van der Waals surface area contributed by atoms with Crippen LogP contribution in [0.4, 0.5) is 0 Å². The van der Waals surface area contributed by atoms with E-state index in [0.29, 0.717) is 17.0 Å². The summed E-state index contributed by atoms with van der Waals surface area (Å²) in [4.78, 5) is 11.0. The van der Waals surface area contributed by atoms with E-state index in [2.05, 4.69) is 11.2 Å². The summed E-state index contributed by atoms with van der Waals surface area (Å²) in [5, 5.41) is 13.0. The third-order valence-electron chi connectivity index (χ3n) is 3.91. The fourth-order valence-corrected chi connectivity index (χ4v) is 2.50. The van der Waals surface area contributed by atoms with Gasteiger partial charge in [-0.2, -0.15) is 0 Å². The summed E-state index contributed by atoms with van der Waals surface area (Å²) < 4.78 is 5.44. The van der Waals surface area contributed by atoms with Gasteiger partial charge in [0.1, 0.15) is 0 Å². The van der Waals surface area contributed by atoms with Crippen LogP contribution in [0.15, 0.2) is 10.6 Å². The normalized spacial score (nSPS) is 10.8. The molecule has 0 spiro atoms. The molecule has 0 fully saturated rings. The van der Waals surface area contributed by atoms with Gasteiger partial charge >= 0.3 is 5.97 Å². The van der Waals surface area contributed by atoms with Gasteiger partial charge in [-0.15, -0.1) is 0 Å². The second kappa shape index (κ2) is 5.12. The van der Waals surface area contributed by atoms with Gasteiger partial charge in [0, 0.05) is 11.1 Å². The zero-order chi connectivity index (χ0) is 15.0. The van der Waals surface area contributed by atoms with E-state index in [1.807, 2.05) is 27.7 Å². The number of carboxylic acid groups (broad SMARTS) is 1. The minimum Gasteiger partial charge on any atom is -0.481 e. The molecule has 2 aromatic rings. The van der Waals surface area contributed by atoms with E-state index in [9.17, 15) is 4.79 Å². The molecule has 1 heterocycles. The van der Waals surface area contributed by atoms with E-state index in [-0.39, 0.29) is 6.42 Å². The molecule has 0 amide bonds. The molecule has 106 valence electrons. The van der Waals surface area contributed by atoms with E-state index < -0.39 is 5.97 Å². The molecule has 4 nitrogen and oxygen atoms in total. The van der Waals surface area contributed by atoms with Gasteiger partial charge in [0.15, 0.2) is 5.76 Å². The summed E-state index contributed by atoms with van der Waals surface area (Å²) in [7, 11) is 0. The van der Waals surface area contributed by atoms with Gasteiger partial charge < -0.3 is 9.63 Å². The maximum atomic E-state index is 11.0. The lowest BCUT2D eigenvalue weighted by atomic mass is 9.90. The predicted molar refractivity (Wildman–Crippen MR) is 77.0 cm³/mol. The average molecular weight is 273 g/mol. The van der Waals surface area contributed by atoms with Crippen molar-refractivity contribution in [3.63, 3.8) is 0 Å². The average Bonchev–Trinajstić information content (AvgIpc) is 2.69. The Labute approximate surface area is 118 Å². The van der Waals surface area contributed by atoms with E-state index in [4.69, 9.17) is 9.63 Å². The molecule has 0 atom stereocenters. The number of rotatable bonds is 3. The van der Waals surface area contributed by atoms with Crippen LogP contribution in [-0.2, 0) is 11.2 Å². The van der Waals surface area contributed by atoms with Gasteiger partial charge in [0.2, 0.25) is 0 Å². The minimum atomic E-state index is -0.878. The zero-order valence-electron chi connectivity index (χ0n) is 12.5. The maximum Gasteiger partial charge on any atom is 0.308 e. The van der Waals surface area contributed by atoms with E-state index in [1.165, 1.54) is 11.1 Å². The summed E-state index contributed by atoms with van der Waals surface area (Å²) in [6, 6.07) is 2.13. The number of aliphatic carboxylic acids is 1. The van der Waals surface area contributed by atoms with Crippen LogP contribution in [0.3, 0.4) is 0 Å². The Morgan fingerprint density at radius 3 is 2.20 bits per heavy atom. The van der Waals surface area contributed by atoms with Crippen molar-refractivity contribution in [3.8, 4) is 11.3 Å². The Morgan fingerprint density at radius 1 is 1.15 bits per heavy atom. The number of nitrogens with zero attached hydrogens (tertiary/aromatic N) is 1. The fourth-order valence-electron chi connectivity index (χ4n) is 2.50. The largest absolute Gasteiger partial charge is 0.481 e. The SMILES string of the molecule is Cc1cc(C)c(C)c(-c2onc(C)c2CC(=O)O)c1C. The summed E-state index contributed by atoms with van der Waals surface area (Å²) in [5.41, 5.74) is 6.82. The van der Waals surface area contributed by atoms with Crippen molar-refractivity contribution in [1.29, 1.82) is 0 Å². The van der Waals surface area contributed by atoms with Crippen molar-refractivity contribution >= 4 is 5.97 Å². The van der Waals surface area contributed by atoms with Gasteiger partial charge in [-0.25, -0.2) is 0 Å². The molecule has 0 unspecified atom stereocenters. The van der Waals surface area contributed by atoms with Crippen molar-refractivity contribution in [2.75, 3.05) is 0 Å². The molecular formula is C16H19NO3. The molecule has 1 N–H and O–H groups in total. The van der Waals surface area contributed by atoms with Gasteiger partial charge in [-0.1, -0.05) is 11.2 Å². The van der Waals surface area contributed by atoms with Crippen LogP contribution in [0, 0.1) is 34.6 Å². The number of hydrogen-bond acceptors (Lipinski definition) is 3. The number of hydrogen-bond donors (Lipinski definition) is 1. The Morgan fingerprint density at radius 2 is 1.70 bits per heavy atom. The molecule has 0 aliphatic carbocycles. The molecule has 4 heteroatoms. The molecule has 2 rings (SSSR count). The van der Waals surface area contributed by atoms with Crippen molar-refractivity contribution in [2.24, 2.45) is 0 Å². The van der Waals surface area contributed by atoms with Crippen molar-refractivity contribution in [1.82, 2.24) is 5.16 Å². The van der Waals surface area contributed by atoms with Crippen LogP contribution >= 0.6 is 0 Å². The first-order chi connectivity index (χ1) is 9.32. The lowest BCUT2D eigenvalue weighted by Gasteiger charge is -2.14. The molecule has 0 radical (unpaired) electrons. The predicted octanol–water partition coefficient (Wildman–Crippen LogP) is 3.51. The Hall–Kier alpha value is -2.10. The molecule has 0 bridgehead atoms. The summed E-state index contributed by atoms with van der Waals surface area (Å²) in [6.45, 7) is 9.92. The highest BCUT2D eigenvalue weighted by atomic mass is 16.5. The summed E-state index contributed by atoms with van der Waals surface area (Å²) in [6.07, 6.45) is -0.0729. The topological polar surface area (TPSA) is 63.3 Å². The highest BCUT2D eigenvalue weighted by Gasteiger charge is 2.21. The molecule has 1 aromatic heterocycles. The Balaban J connectivity index is 2.72. The van der Waals surface area contributed by atoms with Gasteiger partial charge in [0.05, 0.1) is 12.1 Å². The lowest BCUT2D eigenvalue weighted by Crippen LogP contribution is -2.03. The fraction of sp³-hybridized carbons (Fsp3) is 0.375. The summed E-state index contributed by atoms with van der Waals surface area (Å²) >= 11 is 0. The number of aromatic nitrogens is 1. The maximum absolute atomic E-state index is 11.0. The second-order valence-corrected chi connectivity index (χ2v) is 5.28. The van der Waals surface area contributed by atoms with Gasteiger partial charge in [0.25, 0.3) is 0 Å². The molecule has 1 aromatic carbocycles. The first kappa shape index (κ1) is 14.3. The molecule has 0 aliphatic heterocycles. The van der Waals surface area contributed by atoms with Crippen LogP contribution < -0.4 is 0 Å². The number of aryl methyl sites for hydroxylation is 3. The van der Waals surface area contributed by atoms with E-state index in [0.717, 1.165) is 16.7 Å². The monoisotopic (exact) mass is 273 g/mol. The number of benzene rings is 1. The Bertz CT molecular complexity index is 657. The van der Waals surface area contributed by atoms with Crippen molar-refractivity contribution in [3.05, 3.63) is 39.6 Å². The molecule has 0 aliphatic rings. The third-order valence-corrected chi connectivity index (χ3v) is 3.91. The number of carbonyl (C=O) groups is 1. The Kier molecular flexibility index (Phi) is 3.66. The lowest BCUT2D eigenvalue weighted by molar-refractivity contribution is -0.136. The van der Waals surface area contributed by atoms with Crippen LogP contribution in [0.25, 0.3) is 11.3 Å². The standard InChI is InChI=1S/C16H19NO3/c1-8-6-9(2)11(4)15(10(8)3)16-13(7-14(18)19)12(5)17-20-16/h6H,7H2,1-5H3,(H,18,19). The third kappa shape index (κ3) is 2.33. The van der Waals surface area contributed by atoms with E-state index >= 15 is 0 Å². The minimum absolute atomic E-state index is 0.0729. The van der Waals surface area contributed by atoms with Gasteiger partial charge in [-0.05, 0) is 56.9 Å².